The van der Waals surface area contributed by atoms with Crippen molar-refractivity contribution < 1.29 is 4.79 Å². The summed E-state index contributed by atoms with van der Waals surface area (Å²) in [4.78, 5) is 16.3. The van der Waals surface area contributed by atoms with Crippen LogP contribution in [0.3, 0.4) is 0 Å². The smallest absolute Gasteiger partial charge is 0.240 e. The minimum atomic E-state index is -0.558. The van der Waals surface area contributed by atoms with Crippen LogP contribution in [-0.4, -0.2) is 23.0 Å². The van der Waals surface area contributed by atoms with E-state index in [2.05, 4.69) is 15.6 Å². The van der Waals surface area contributed by atoms with Gasteiger partial charge in [-0.25, -0.2) is 0 Å². The Morgan fingerprint density at radius 2 is 2.18 bits per heavy atom. The summed E-state index contributed by atoms with van der Waals surface area (Å²) in [5.74, 6) is -0.0162. The Kier molecular flexibility index (Phi) is 4.63. The summed E-state index contributed by atoms with van der Waals surface area (Å²) in [5.41, 5.74) is 0.311. The first kappa shape index (κ1) is 13.6. The van der Waals surface area contributed by atoms with Crippen molar-refractivity contribution in [3.05, 3.63) is 30.1 Å². The van der Waals surface area contributed by atoms with Gasteiger partial charge in [-0.3, -0.25) is 9.78 Å². The largest absolute Gasteiger partial charge is 0.346 e. The van der Waals surface area contributed by atoms with Crippen LogP contribution in [0.2, 0.25) is 0 Å². The minimum absolute atomic E-state index is 0.0162. The Morgan fingerprint density at radius 1 is 1.47 bits per heavy atom. The van der Waals surface area contributed by atoms with Crippen LogP contribution in [0.15, 0.2) is 24.4 Å². The van der Waals surface area contributed by atoms with E-state index in [0.29, 0.717) is 0 Å². The van der Waals surface area contributed by atoms with Crippen molar-refractivity contribution in [2.24, 2.45) is 0 Å². The van der Waals surface area contributed by atoms with Crippen molar-refractivity contribution in [3.8, 4) is 0 Å². The lowest BCUT2D eigenvalue weighted by atomic mass is 10.0. The highest BCUT2D eigenvalue weighted by Crippen LogP contribution is 2.10. The predicted molar refractivity (Wildman–Crippen MR) is 68.6 cm³/mol. The molecule has 1 aromatic heterocycles. The molecule has 2 N–H and O–H groups in total. The zero-order valence-corrected chi connectivity index (χ0v) is 10.9. The van der Waals surface area contributed by atoms with Gasteiger partial charge < -0.3 is 10.6 Å². The van der Waals surface area contributed by atoms with Gasteiger partial charge in [0.2, 0.25) is 5.91 Å². The summed E-state index contributed by atoms with van der Waals surface area (Å²) in [6, 6.07) is 5.60. The van der Waals surface area contributed by atoms with Crippen LogP contribution in [0.1, 0.15) is 39.4 Å². The topological polar surface area (TPSA) is 54.0 Å². The van der Waals surface area contributed by atoms with Gasteiger partial charge in [-0.2, -0.15) is 0 Å². The molecule has 0 fully saturated rings. The molecule has 17 heavy (non-hydrogen) atoms. The van der Waals surface area contributed by atoms with E-state index in [9.17, 15) is 4.79 Å². The summed E-state index contributed by atoms with van der Waals surface area (Å²) in [6.45, 7) is 8.42. The lowest BCUT2D eigenvalue weighted by molar-refractivity contribution is -0.127. The Bertz CT molecular complexity index is 362. The number of amides is 1. The Hall–Kier alpha value is -1.42. The zero-order valence-electron chi connectivity index (χ0n) is 10.9. The van der Waals surface area contributed by atoms with Crippen LogP contribution in [0.5, 0.6) is 0 Å². The fraction of sp³-hybridized carbons (Fsp3) is 0.538. The van der Waals surface area contributed by atoms with E-state index in [-0.39, 0.29) is 11.9 Å². The molecule has 1 heterocycles. The summed E-state index contributed by atoms with van der Waals surface area (Å²) in [7, 11) is 0. The lowest BCUT2D eigenvalue weighted by Gasteiger charge is -2.26. The quantitative estimate of drug-likeness (QED) is 0.816. The third kappa shape index (κ3) is 3.82. The molecule has 0 bridgehead atoms. The van der Waals surface area contributed by atoms with Gasteiger partial charge in [0.15, 0.2) is 0 Å². The second kappa shape index (κ2) is 5.77. The van der Waals surface area contributed by atoms with Crippen LogP contribution in [0.4, 0.5) is 0 Å². The number of nitrogens with zero attached hydrogens (tertiary/aromatic N) is 1. The maximum absolute atomic E-state index is 12.0. The number of rotatable bonds is 5. The lowest BCUT2D eigenvalue weighted by Crippen LogP contribution is -2.53. The molecule has 0 unspecified atom stereocenters. The molecule has 94 valence electrons. The third-order valence-electron chi connectivity index (χ3n) is 2.67. The normalized spacial score (nSPS) is 13.2. The van der Waals surface area contributed by atoms with Gasteiger partial charge in [-0.15, -0.1) is 0 Å². The third-order valence-corrected chi connectivity index (χ3v) is 2.67. The van der Waals surface area contributed by atoms with Crippen LogP contribution >= 0.6 is 0 Å². The van der Waals surface area contributed by atoms with Gasteiger partial charge in [-0.1, -0.05) is 13.0 Å². The van der Waals surface area contributed by atoms with Gasteiger partial charge in [-0.05, 0) is 39.4 Å². The number of nitrogens with one attached hydrogen (secondary N) is 2. The molecule has 0 radical (unpaired) electrons. The van der Waals surface area contributed by atoms with E-state index < -0.39 is 5.54 Å². The first-order chi connectivity index (χ1) is 7.97. The van der Waals surface area contributed by atoms with Gasteiger partial charge in [0, 0.05) is 6.20 Å². The predicted octanol–water partition coefficient (Wildman–Crippen LogP) is 1.65. The number of carbonyl (C=O) groups excluding carboxylic acids is 1. The number of hydrogen-bond acceptors (Lipinski definition) is 3. The molecule has 4 nitrogen and oxygen atoms in total. The van der Waals surface area contributed by atoms with E-state index in [1.54, 1.807) is 6.20 Å². The Labute approximate surface area is 103 Å². The highest BCUT2D eigenvalue weighted by atomic mass is 16.2. The summed E-state index contributed by atoms with van der Waals surface area (Å²) >= 11 is 0. The van der Waals surface area contributed by atoms with E-state index in [4.69, 9.17) is 0 Å². The van der Waals surface area contributed by atoms with E-state index in [1.165, 1.54) is 0 Å². The van der Waals surface area contributed by atoms with E-state index in [1.807, 2.05) is 45.9 Å². The van der Waals surface area contributed by atoms with Crippen molar-refractivity contribution in [1.82, 2.24) is 15.6 Å². The van der Waals surface area contributed by atoms with Gasteiger partial charge >= 0.3 is 0 Å². The van der Waals surface area contributed by atoms with E-state index >= 15 is 0 Å². The van der Waals surface area contributed by atoms with Crippen LogP contribution in [-0.2, 0) is 4.79 Å². The maximum Gasteiger partial charge on any atom is 0.240 e. The molecule has 1 aromatic rings. The summed E-state index contributed by atoms with van der Waals surface area (Å²) < 4.78 is 0. The molecule has 0 saturated heterocycles. The molecule has 0 spiro atoms. The second-order valence-corrected chi connectivity index (χ2v) is 4.61. The Balaban J connectivity index is 2.63. The SMILES string of the molecule is CCNC(C)(C)C(=O)N[C@H](C)c1ccccn1. The summed E-state index contributed by atoms with van der Waals surface area (Å²) in [6.07, 6.45) is 1.73. The number of aromatic nitrogens is 1. The molecule has 4 heteroatoms. The maximum atomic E-state index is 12.0. The standard InChI is InChI=1S/C13H21N3O/c1-5-15-13(3,4)12(17)16-10(2)11-8-6-7-9-14-11/h6-10,15H,5H2,1-4H3,(H,16,17)/t10-/m1/s1. The average molecular weight is 235 g/mol. The molecular formula is C13H21N3O. The van der Waals surface area contributed by atoms with Crippen LogP contribution < -0.4 is 10.6 Å². The van der Waals surface area contributed by atoms with Crippen molar-refractivity contribution >= 4 is 5.91 Å². The molecule has 1 atom stereocenters. The second-order valence-electron chi connectivity index (χ2n) is 4.61. The van der Waals surface area contributed by atoms with Crippen molar-refractivity contribution in [3.63, 3.8) is 0 Å². The van der Waals surface area contributed by atoms with Crippen molar-refractivity contribution in [2.45, 2.75) is 39.3 Å². The molecule has 1 rings (SSSR count). The van der Waals surface area contributed by atoms with Gasteiger partial charge in [0.1, 0.15) is 0 Å². The molecule has 0 aromatic carbocycles. The molecule has 0 aliphatic carbocycles. The number of hydrogen-bond donors (Lipinski definition) is 2. The Morgan fingerprint density at radius 3 is 2.71 bits per heavy atom. The highest BCUT2D eigenvalue weighted by Gasteiger charge is 2.27. The monoisotopic (exact) mass is 235 g/mol. The molecular weight excluding hydrogens is 214 g/mol. The molecule has 0 aliphatic heterocycles. The first-order valence-electron chi connectivity index (χ1n) is 5.94. The molecule has 0 aliphatic rings. The molecule has 0 saturated carbocycles. The summed E-state index contributed by atoms with van der Waals surface area (Å²) in [5, 5.41) is 6.10. The van der Waals surface area contributed by atoms with E-state index in [0.717, 1.165) is 12.2 Å². The van der Waals surface area contributed by atoms with Crippen molar-refractivity contribution in [1.29, 1.82) is 0 Å². The average Bonchev–Trinajstić information content (AvgIpc) is 2.30. The molecule has 1 amide bonds. The van der Waals surface area contributed by atoms with Gasteiger partial charge in [0.05, 0.1) is 17.3 Å². The van der Waals surface area contributed by atoms with Crippen molar-refractivity contribution in [2.75, 3.05) is 6.54 Å². The zero-order chi connectivity index (χ0) is 12.9. The fourth-order valence-corrected chi connectivity index (χ4v) is 1.61. The number of carbonyl (C=O) groups is 1. The number of pyridine rings is 1. The van der Waals surface area contributed by atoms with Crippen LogP contribution in [0.25, 0.3) is 0 Å². The highest BCUT2D eigenvalue weighted by molar-refractivity contribution is 5.85. The fourth-order valence-electron chi connectivity index (χ4n) is 1.61. The minimum Gasteiger partial charge on any atom is -0.346 e. The first-order valence-corrected chi connectivity index (χ1v) is 5.94. The van der Waals surface area contributed by atoms with Crippen LogP contribution in [0, 0.1) is 0 Å². The van der Waals surface area contributed by atoms with Gasteiger partial charge in [0.25, 0.3) is 0 Å². The number of likely N-dealkylation sites (N-methyl/N-ethyl adjacent to an activating group) is 1.